The summed E-state index contributed by atoms with van der Waals surface area (Å²) in [7, 11) is -3.66. The number of anilines is 1. The van der Waals surface area contributed by atoms with E-state index in [0.29, 0.717) is 30.4 Å². The van der Waals surface area contributed by atoms with Crippen LogP contribution in [-0.2, 0) is 15.4 Å². The van der Waals surface area contributed by atoms with Crippen molar-refractivity contribution in [3.63, 3.8) is 0 Å². The first kappa shape index (κ1) is 24.0. The minimum absolute atomic E-state index is 0.125. The number of sulfonamides is 1. The number of nitrogens with zero attached hydrogens (tertiary/aromatic N) is 5. The molecule has 0 aliphatic carbocycles. The molecule has 2 aromatic heterocycles. The Bertz CT molecular complexity index is 1290. The normalized spacial score (nSPS) is 15.3. The highest BCUT2D eigenvalue weighted by atomic mass is 32.2. The molecule has 1 N–H and O–H groups in total. The van der Waals surface area contributed by atoms with Gasteiger partial charge < -0.3 is 5.32 Å². The predicted octanol–water partition coefficient (Wildman–Crippen LogP) is 3.70. The van der Waals surface area contributed by atoms with E-state index >= 15 is 0 Å². The van der Waals surface area contributed by atoms with Gasteiger partial charge in [0.1, 0.15) is 5.82 Å². The zero-order chi connectivity index (χ0) is 24.5. The number of hydrogen-bond donors (Lipinski definition) is 1. The lowest BCUT2D eigenvalue weighted by Crippen LogP contribution is -2.35. The molecule has 0 bridgehead atoms. The zero-order valence-electron chi connectivity index (χ0n) is 19.9. The Hall–Kier alpha value is -3.11. The van der Waals surface area contributed by atoms with E-state index in [1.807, 2.05) is 20.8 Å². The van der Waals surface area contributed by atoms with Crippen LogP contribution in [0.2, 0.25) is 0 Å². The number of benzene rings is 1. The van der Waals surface area contributed by atoms with Crippen LogP contribution >= 0.6 is 0 Å². The van der Waals surface area contributed by atoms with Crippen molar-refractivity contribution in [1.82, 2.24) is 24.1 Å². The van der Waals surface area contributed by atoms with E-state index in [2.05, 4.69) is 20.4 Å². The van der Waals surface area contributed by atoms with E-state index in [1.165, 1.54) is 15.1 Å². The Labute approximate surface area is 200 Å². The number of aromatic nitrogens is 4. The van der Waals surface area contributed by atoms with Crippen LogP contribution in [-0.4, -0.2) is 51.5 Å². The summed E-state index contributed by atoms with van der Waals surface area (Å²) < 4.78 is 29.3. The molecule has 180 valence electrons. The van der Waals surface area contributed by atoms with E-state index in [4.69, 9.17) is 0 Å². The molecule has 3 heterocycles. The minimum atomic E-state index is -3.66. The van der Waals surface area contributed by atoms with E-state index in [9.17, 15) is 13.2 Å². The van der Waals surface area contributed by atoms with Gasteiger partial charge in [-0.25, -0.2) is 18.4 Å². The van der Waals surface area contributed by atoms with Gasteiger partial charge in [-0.2, -0.15) is 14.1 Å². The first-order chi connectivity index (χ1) is 16.1. The molecule has 1 aliphatic rings. The van der Waals surface area contributed by atoms with Crippen molar-refractivity contribution in [2.24, 2.45) is 0 Å². The Morgan fingerprint density at radius 2 is 1.71 bits per heavy atom. The van der Waals surface area contributed by atoms with Gasteiger partial charge in [0.05, 0.1) is 10.6 Å². The van der Waals surface area contributed by atoms with Crippen LogP contribution in [0.25, 0.3) is 5.95 Å². The van der Waals surface area contributed by atoms with Crippen molar-refractivity contribution in [2.45, 2.75) is 57.3 Å². The average Bonchev–Trinajstić information content (AvgIpc) is 3.24. The van der Waals surface area contributed by atoms with Crippen LogP contribution in [0, 0.1) is 6.92 Å². The Kier molecular flexibility index (Phi) is 6.55. The molecule has 1 saturated heterocycles. The molecule has 10 heteroatoms. The first-order valence-corrected chi connectivity index (χ1v) is 12.8. The van der Waals surface area contributed by atoms with Gasteiger partial charge in [-0.15, -0.1) is 0 Å². The van der Waals surface area contributed by atoms with Gasteiger partial charge in [0, 0.05) is 42.5 Å². The molecule has 1 amide bonds. The number of amides is 1. The lowest BCUT2D eigenvalue weighted by Gasteiger charge is -2.26. The zero-order valence-corrected chi connectivity index (χ0v) is 20.8. The highest BCUT2D eigenvalue weighted by Gasteiger charge is 2.28. The van der Waals surface area contributed by atoms with Crippen LogP contribution in [0.4, 0.5) is 5.82 Å². The standard InChI is InChI=1S/C24H30N6O3S/c1-17-9-10-18(34(32,33)29-13-6-5-7-14-29)15-19(17)22(31)27-21-16-20(24(2,3)4)28-30(21)23-25-11-8-12-26-23/h8-12,15-16H,5-7,13-14H2,1-4H3,(H,27,31). The quantitative estimate of drug-likeness (QED) is 0.594. The number of rotatable bonds is 5. The van der Waals surface area contributed by atoms with Gasteiger partial charge in [-0.1, -0.05) is 33.3 Å². The fourth-order valence-electron chi connectivity index (χ4n) is 3.83. The van der Waals surface area contributed by atoms with Crippen LogP contribution < -0.4 is 5.32 Å². The van der Waals surface area contributed by atoms with Crippen molar-refractivity contribution < 1.29 is 13.2 Å². The summed E-state index contributed by atoms with van der Waals surface area (Å²) in [6, 6.07) is 8.18. The Morgan fingerprint density at radius 3 is 2.35 bits per heavy atom. The summed E-state index contributed by atoms with van der Waals surface area (Å²) >= 11 is 0. The number of piperidine rings is 1. The van der Waals surface area contributed by atoms with Crippen molar-refractivity contribution in [3.8, 4) is 5.95 Å². The van der Waals surface area contributed by atoms with Gasteiger partial charge >= 0.3 is 0 Å². The number of aryl methyl sites for hydroxylation is 1. The van der Waals surface area contributed by atoms with Gasteiger partial charge in [-0.3, -0.25) is 4.79 Å². The number of carbonyl (C=O) groups is 1. The van der Waals surface area contributed by atoms with Gasteiger partial charge in [0.15, 0.2) is 0 Å². The number of nitrogens with one attached hydrogen (secondary N) is 1. The monoisotopic (exact) mass is 482 g/mol. The molecule has 1 fully saturated rings. The van der Waals surface area contributed by atoms with Crippen molar-refractivity contribution >= 4 is 21.7 Å². The van der Waals surface area contributed by atoms with Gasteiger partial charge in [-0.05, 0) is 43.5 Å². The molecular weight excluding hydrogens is 452 g/mol. The number of hydrogen-bond acceptors (Lipinski definition) is 6. The van der Waals surface area contributed by atoms with Crippen molar-refractivity contribution in [1.29, 1.82) is 0 Å². The molecular formula is C24H30N6O3S. The molecule has 9 nitrogen and oxygen atoms in total. The third kappa shape index (κ3) is 4.88. The van der Waals surface area contributed by atoms with Crippen LogP contribution in [0.5, 0.6) is 0 Å². The van der Waals surface area contributed by atoms with Crippen molar-refractivity contribution in [2.75, 3.05) is 18.4 Å². The molecule has 4 rings (SSSR count). The van der Waals surface area contributed by atoms with Gasteiger partial charge in [0.2, 0.25) is 10.0 Å². The lowest BCUT2D eigenvalue weighted by atomic mass is 9.92. The molecule has 1 aliphatic heterocycles. The van der Waals surface area contributed by atoms with E-state index in [-0.39, 0.29) is 15.9 Å². The average molecular weight is 483 g/mol. The topological polar surface area (TPSA) is 110 Å². The third-order valence-corrected chi connectivity index (χ3v) is 7.76. The Morgan fingerprint density at radius 1 is 1.03 bits per heavy atom. The Balaban J connectivity index is 1.68. The molecule has 1 aromatic carbocycles. The minimum Gasteiger partial charge on any atom is -0.306 e. The number of carbonyl (C=O) groups excluding carboxylic acids is 1. The third-order valence-electron chi connectivity index (χ3n) is 5.87. The van der Waals surface area contributed by atoms with Crippen LogP contribution in [0.15, 0.2) is 47.6 Å². The second-order valence-corrected chi connectivity index (χ2v) is 11.5. The maximum atomic E-state index is 13.3. The first-order valence-electron chi connectivity index (χ1n) is 11.4. The summed E-state index contributed by atoms with van der Waals surface area (Å²) in [6.45, 7) is 8.86. The second kappa shape index (κ2) is 9.27. The SMILES string of the molecule is Cc1ccc(S(=O)(=O)N2CCCCC2)cc1C(=O)Nc1cc(C(C)(C)C)nn1-c1ncccn1. The summed E-state index contributed by atoms with van der Waals surface area (Å²) in [4.78, 5) is 22.0. The summed E-state index contributed by atoms with van der Waals surface area (Å²) in [5.74, 6) is 0.307. The van der Waals surface area contributed by atoms with E-state index in [0.717, 1.165) is 25.0 Å². The summed E-state index contributed by atoms with van der Waals surface area (Å²) in [5.41, 5.74) is 1.46. The van der Waals surface area contributed by atoms with E-state index in [1.54, 1.807) is 43.6 Å². The molecule has 0 saturated carbocycles. The van der Waals surface area contributed by atoms with Crippen LogP contribution in [0.1, 0.15) is 61.6 Å². The maximum absolute atomic E-state index is 13.3. The van der Waals surface area contributed by atoms with E-state index < -0.39 is 15.9 Å². The highest BCUT2D eigenvalue weighted by molar-refractivity contribution is 7.89. The molecule has 0 unspecified atom stereocenters. The molecule has 3 aromatic rings. The largest absolute Gasteiger partial charge is 0.306 e. The molecule has 0 radical (unpaired) electrons. The second-order valence-electron chi connectivity index (χ2n) is 9.52. The van der Waals surface area contributed by atoms with Crippen molar-refractivity contribution in [3.05, 3.63) is 59.5 Å². The van der Waals surface area contributed by atoms with Gasteiger partial charge in [0.25, 0.3) is 11.9 Å². The summed E-state index contributed by atoms with van der Waals surface area (Å²) in [6.07, 6.45) is 5.93. The molecule has 0 atom stereocenters. The lowest BCUT2D eigenvalue weighted by molar-refractivity contribution is 0.102. The molecule has 34 heavy (non-hydrogen) atoms. The summed E-state index contributed by atoms with van der Waals surface area (Å²) in [5, 5.41) is 7.50. The van der Waals surface area contributed by atoms with Crippen LogP contribution in [0.3, 0.4) is 0 Å². The molecule has 0 spiro atoms. The maximum Gasteiger partial charge on any atom is 0.257 e. The predicted molar refractivity (Wildman–Crippen MR) is 130 cm³/mol. The fourth-order valence-corrected chi connectivity index (χ4v) is 5.38. The fraction of sp³-hybridized carbons (Fsp3) is 0.417. The highest BCUT2D eigenvalue weighted by Crippen LogP contribution is 2.27. The smallest absolute Gasteiger partial charge is 0.257 e.